The van der Waals surface area contributed by atoms with Gasteiger partial charge in [-0.1, -0.05) is 0 Å². The molecule has 0 atom stereocenters. The Morgan fingerprint density at radius 1 is 1.20 bits per heavy atom. The maximum absolute atomic E-state index is 9.55. The van der Waals surface area contributed by atoms with Crippen molar-refractivity contribution >= 4 is 23.9 Å². The summed E-state index contributed by atoms with van der Waals surface area (Å²) in [5.41, 5.74) is 11.3. The average molecular weight is 355 g/mol. The Balaban J connectivity index is 0.000000333. The van der Waals surface area contributed by atoms with Crippen molar-refractivity contribution in [2.45, 2.75) is 31.6 Å². The molecule has 0 aromatic heterocycles. The van der Waals surface area contributed by atoms with Gasteiger partial charge in [0.15, 0.2) is 11.9 Å². The van der Waals surface area contributed by atoms with Crippen LogP contribution >= 0.6 is 0 Å². The number of hydrogen-bond acceptors (Lipinski definition) is 9. The van der Waals surface area contributed by atoms with Gasteiger partial charge in [0, 0.05) is 18.2 Å². The van der Waals surface area contributed by atoms with E-state index in [1.165, 1.54) is 0 Å². The van der Waals surface area contributed by atoms with Crippen molar-refractivity contribution in [3.8, 4) is 0 Å². The third-order valence-corrected chi connectivity index (χ3v) is 3.50. The lowest BCUT2D eigenvalue weighted by Crippen LogP contribution is -2.56. The third kappa shape index (κ3) is 8.13. The van der Waals surface area contributed by atoms with Crippen LogP contribution in [0.25, 0.3) is 0 Å². The van der Waals surface area contributed by atoms with E-state index >= 15 is 0 Å². The summed E-state index contributed by atoms with van der Waals surface area (Å²) in [6, 6.07) is 0.405. The fourth-order valence-electron chi connectivity index (χ4n) is 2.43. The number of rotatable bonds is 4. The molecule has 0 aromatic carbocycles. The number of hydrogen-bond donors (Lipinski definition) is 6. The van der Waals surface area contributed by atoms with Crippen LogP contribution in [0.2, 0.25) is 0 Å². The van der Waals surface area contributed by atoms with Crippen LogP contribution in [-0.4, -0.2) is 70.9 Å². The number of nitrogens with one attached hydrogen (secondary N) is 2. The molecule has 0 bridgehead atoms. The van der Waals surface area contributed by atoms with E-state index in [0.29, 0.717) is 30.1 Å². The minimum absolute atomic E-state index is 0.306. The Bertz CT molecular complexity index is 546. The Labute approximate surface area is 145 Å². The van der Waals surface area contributed by atoms with Gasteiger partial charge in [-0.3, -0.25) is 10.6 Å². The number of aliphatic carboxylic acids is 2. The standard InChI is InChI=1S/C10H21N7.C4H4O4/c1-10(15-8(11)13-9(12)16-10)14-7-3-5-17(2)6-4-7;5-3(6)1-2-4(7)8/h7,14H,3-6H2,1-2H3,(H5,11,12,13,15,16);1-2H,(H,5,6)(H,7,8). The van der Waals surface area contributed by atoms with E-state index in [9.17, 15) is 9.59 Å². The van der Waals surface area contributed by atoms with Gasteiger partial charge in [0.1, 0.15) is 0 Å². The van der Waals surface area contributed by atoms with E-state index in [1.54, 1.807) is 0 Å². The highest BCUT2D eigenvalue weighted by molar-refractivity contribution is 5.98. The fraction of sp³-hybridized carbons (Fsp3) is 0.571. The minimum Gasteiger partial charge on any atom is -0.478 e. The molecule has 2 aliphatic heterocycles. The highest BCUT2D eigenvalue weighted by atomic mass is 16.4. The Morgan fingerprint density at radius 3 is 2.04 bits per heavy atom. The largest absolute Gasteiger partial charge is 0.478 e. The quantitative estimate of drug-likeness (QED) is 0.320. The number of aliphatic imine (C=N–C) groups is 2. The molecule has 11 nitrogen and oxygen atoms in total. The number of nitrogens with zero attached hydrogens (tertiary/aromatic N) is 3. The van der Waals surface area contributed by atoms with Crippen LogP contribution in [0.15, 0.2) is 22.1 Å². The molecular formula is C14H25N7O4. The number of piperidine rings is 1. The first-order chi connectivity index (χ1) is 11.6. The summed E-state index contributed by atoms with van der Waals surface area (Å²) < 4.78 is 0. The van der Waals surface area contributed by atoms with Gasteiger partial charge in [-0.25, -0.2) is 19.6 Å². The van der Waals surface area contributed by atoms with Crippen molar-refractivity contribution in [3.63, 3.8) is 0 Å². The summed E-state index contributed by atoms with van der Waals surface area (Å²) in [6.07, 6.45) is 3.29. The van der Waals surface area contributed by atoms with Crippen LogP contribution in [0, 0.1) is 0 Å². The van der Waals surface area contributed by atoms with Gasteiger partial charge in [0.25, 0.3) is 0 Å². The topological polar surface area (TPSA) is 179 Å². The molecule has 0 radical (unpaired) electrons. The molecule has 140 valence electrons. The average Bonchev–Trinajstić information content (AvgIpc) is 2.46. The maximum Gasteiger partial charge on any atom is 0.328 e. The Morgan fingerprint density at radius 2 is 1.64 bits per heavy atom. The number of guanidine groups is 2. The van der Waals surface area contributed by atoms with Crippen molar-refractivity contribution in [1.29, 1.82) is 0 Å². The molecular weight excluding hydrogens is 330 g/mol. The predicted octanol–water partition coefficient (Wildman–Crippen LogP) is -1.71. The lowest BCUT2D eigenvalue weighted by Gasteiger charge is -2.35. The van der Waals surface area contributed by atoms with Gasteiger partial charge < -0.3 is 26.6 Å². The van der Waals surface area contributed by atoms with Gasteiger partial charge in [-0.05, 0) is 39.9 Å². The van der Waals surface area contributed by atoms with E-state index in [0.717, 1.165) is 25.9 Å². The van der Waals surface area contributed by atoms with Crippen molar-refractivity contribution in [1.82, 2.24) is 15.5 Å². The molecule has 1 saturated heterocycles. The van der Waals surface area contributed by atoms with E-state index in [-0.39, 0.29) is 0 Å². The Hall–Kier alpha value is -2.66. The second-order valence-electron chi connectivity index (χ2n) is 5.87. The lowest BCUT2D eigenvalue weighted by molar-refractivity contribution is -0.134. The van der Waals surface area contributed by atoms with Crippen LogP contribution in [0.4, 0.5) is 0 Å². The molecule has 0 spiro atoms. The number of carboxylic acids is 2. The molecule has 25 heavy (non-hydrogen) atoms. The maximum atomic E-state index is 9.55. The van der Waals surface area contributed by atoms with Gasteiger partial charge in [0.2, 0.25) is 5.79 Å². The first kappa shape index (κ1) is 20.4. The highest BCUT2D eigenvalue weighted by Gasteiger charge is 2.30. The molecule has 2 aliphatic rings. The second kappa shape index (κ2) is 8.99. The van der Waals surface area contributed by atoms with E-state index < -0.39 is 17.7 Å². The smallest absolute Gasteiger partial charge is 0.328 e. The van der Waals surface area contributed by atoms with Crippen molar-refractivity contribution in [2.24, 2.45) is 21.5 Å². The van der Waals surface area contributed by atoms with Crippen LogP contribution in [-0.2, 0) is 9.59 Å². The zero-order valence-corrected chi connectivity index (χ0v) is 14.3. The second-order valence-corrected chi connectivity index (χ2v) is 5.87. The summed E-state index contributed by atoms with van der Waals surface area (Å²) in [7, 11) is 2.13. The van der Waals surface area contributed by atoms with Crippen molar-refractivity contribution in [3.05, 3.63) is 12.2 Å². The van der Waals surface area contributed by atoms with Crippen LogP contribution in [0.5, 0.6) is 0 Å². The van der Waals surface area contributed by atoms with Crippen molar-refractivity contribution < 1.29 is 19.8 Å². The summed E-state index contributed by atoms with van der Waals surface area (Å²) in [6.45, 7) is 4.06. The predicted molar refractivity (Wildman–Crippen MR) is 92.9 cm³/mol. The number of likely N-dealkylation sites (tertiary alicyclic amines) is 1. The summed E-state index contributed by atoms with van der Waals surface area (Å²) >= 11 is 0. The minimum atomic E-state index is -1.26. The van der Waals surface area contributed by atoms with Gasteiger partial charge in [-0.15, -0.1) is 0 Å². The van der Waals surface area contributed by atoms with Crippen LogP contribution in [0.1, 0.15) is 19.8 Å². The fourth-order valence-corrected chi connectivity index (χ4v) is 2.43. The summed E-state index contributed by atoms with van der Waals surface area (Å²) in [5, 5.41) is 21.7. The van der Waals surface area contributed by atoms with E-state index in [2.05, 4.69) is 32.6 Å². The lowest BCUT2D eigenvalue weighted by atomic mass is 10.0. The van der Waals surface area contributed by atoms with E-state index in [4.69, 9.17) is 21.7 Å². The number of carboxylic acid groups (broad SMARTS) is 2. The first-order valence-electron chi connectivity index (χ1n) is 7.67. The van der Waals surface area contributed by atoms with Crippen LogP contribution < -0.4 is 22.1 Å². The Kier molecular flexibility index (Phi) is 7.33. The van der Waals surface area contributed by atoms with Gasteiger partial charge in [0.05, 0.1) is 0 Å². The zero-order valence-electron chi connectivity index (χ0n) is 14.3. The number of carbonyl (C=O) groups is 2. The summed E-state index contributed by atoms with van der Waals surface area (Å²) in [5.74, 6) is -2.64. The zero-order chi connectivity index (χ0) is 19.0. The summed E-state index contributed by atoms with van der Waals surface area (Å²) in [4.78, 5) is 30.0. The molecule has 0 saturated carbocycles. The van der Waals surface area contributed by atoms with Crippen molar-refractivity contribution in [2.75, 3.05) is 20.1 Å². The molecule has 0 amide bonds. The monoisotopic (exact) mass is 355 g/mol. The molecule has 8 N–H and O–H groups in total. The molecule has 0 unspecified atom stereocenters. The number of nitrogens with two attached hydrogens (primary N) is 2. The third-order valence-electron chi connectivity index (χ3n) is 3.50. The SMILES string of the molecule is CN1CCC(NC2(C)N=C(N)NC(N)=N2)CC1.O=C(O)C=CC(=O)O. The first-order valence-corrected chi connectivity index (χ1v) is 7.67. The molecule has 2 heterocycles. The molecule has 11 heteroatoms. The molecule has 0 aromatic rings. The normalized spacial score (nSPS) is 20.7. The van der Waals surface area contributed by atoms with Gasteiger partial charge in [-0.2, -0.15) is 0 Å². The highest BCUT2D eigenvalue weighted by Crippen LogP contribution is 2.16. The molecule has 1 fully saturated rings. The van der Waals surface area contributed by atoms with Gasteiger partial charge >= 0.3 is 11.9 Å². The molecule has 0 aliphatic carbocycles. The van der Waals surface area contributed by atoms with E-state index in [1.807, 2.05) is 6.92 Å². The van der Waals surface area contributed by atoms with Crippen LogP contribution in [0.3, 0.4) is 0 Å². The molecule has 2 rings (SSSR count).